The molecule has 0 spiro atoms. The average Bonchev–Trinajstić information content (AvgIpc) is 3.30. The molecule has 2 amide bonds. The Morgan fingerprint density at radius 2 is 0.979 bits per heavy atom. The standard InChI is InChI=1S/C20H11F4N3O2.C12H9F4N3/c21-16-6-5-11(13-8-25-19(26-9-13)20(22,23)24)7-12(16)10-27-17(28)14-3-1-2-4-15(14)18(27)29;13-10-2-1-7(3-8(10)4-17)9-5-18-11(19-6-9)12(14,15)16/h1-9H,10H2;1-3,5-6H,4,17H2. The highest BCUT2D eigenvalue weighted by Gasteiger charge is 2.36. The highest BCUT2D eigenvalue weighted by Crippen LogP contribution is 2.30. The van der Waals surface area contributed by atoms with E-state index in [2.05, 4.69) is 19.9 Å². The maximum atomic E-state index is 14.3. The number of amides is 2. The Hall–Kier alpha value is -5.64. The van der Waals surface area contributed by atoms with Crippen LogP contribution in [0, 0.1) is 11.6 Å². The molecule has 0 saturated carbocycles. The number of hydrogen-bond donors (Lipinski definition) is 1. The van der Waals surface area contributed by atoms with Crippen molar-refractivity contribution in [2.24, 2.45) is 5.73 Å². The van der Waals surface area contributed by atoms with Gasteiger partial charge in [0.2, 0.25) is 11.6 Å². The van der Waals surface area contributed by atoms with E-state index >= 15 is 0 Å². The zero-order chi connectivity index (χ0) is 34.8. The number of nitrogens with zero attached hydrogens (tertiary/aromatic N) is 5. The molecule has 3 aromatic carbocycles. The first kappa shape index (κ1) is 33.7. The number of benzene rings is 3. The normalized spacial score (nSPS) is 12.9. The summed E-state index contributed by atoms with van der Waals surface area (Å²) in [5, 5.41) is 0. The Labute approximate surface area is 265 Å². The minimum absolute atomic E-state index is 0.00116. The summed E-state index contributed by atoms with van der Waals surface area (Å²) in [4.78, 5) is 38.9. The number of hydrogen-bond acceptors (Lipinski definition) is 7. The van der Waals surface area contributed by atoms with Crippen molar-refractivity contribution in [3.63, 3.8) is 0 Å². The second-order valence-corrected chi connectivity index (χ2v) is 10.1. The predicted octanol–water partition coefficient (Wildman–Crippen LogP) is 6.86. The van der Waals surface area contributed by atoms with Crippen molar-refractivity contribution in [2.75, 3.05) is 0 Å². The topological polar surface area (TPSA) is 115 Å². The highest BCUT2D eigenvalue weighted by molar-refractivity contribution is 6.21. The van der Waals surface area contributed by atoms with E-state index in [4.69, 9.17) is 5.73 Å². The largest absolute Gasteiger partial charge is 0.451 e. The lowest BCUT2D eigenvalue weighted by molar-refractivity contribution is -0.145. The van der Waals surface area contributed by atoms with Crippen LogP contribution in [0.1, 0.15) is 43.5 Å². The number of rotatable bonds is 5. The minimum atomic E-state index is -4.67. The van der Waals surface area contributed by atoms with Crippen LogP contribution in [0.5, 0.6) is 0 Å². The van der Waals surface area contributed by atoms with E-state index in [1.807, 2.05) is 0 Å². The molecular formula is C32H20F8N6O2. The van der Waals surface area contributed by atoms with Gasteiger partial charge in [0.05, 0.1) is 17.7 Å². The van der Waals surface area contributed by atoms with Gasteiger partial charge in [-0.1, -0.05) is 24.3 Å². The van der Waals surface area contributed by atoms with Gasteiger partial charge in [-0.2, -0.15) is 26.3 Å². The maximum Gasteiger partial charge on any atom is 0.451 e. The van der Waals surface area contributed by atoms with Crippen molar-refractivity contribution >= 4 is 11.8 Å². The second-order valence-electron chi connectivity index (χ2n) is 10.1. The molecular weight excluding hydrogens is 652 g/mol. The fraction of sp³-hybridized carbons (Fsp3) is 0.125. The van der Waals surface area contributed by atoms with Crippen LogP contribution in [-0.4, -0.2) is 36.7 Å². The van der Waals surface area contributed by atoms with E-state index in [0.717, 1.165) is 35.8 Å². The number of carbonyl (C=O) groups excluding carboxylic acids is 2. The van der Waals surface area contributed by atoms with E-state index in [1.165, 1.54) is 42.5 Å². The number of fused-ring (bicyclic) bond motifs is 1. The molecule has 3 heterocycles. The smallest absolute Gasteiger partial charge is 0.326 e. The molecule has 0 bridgehead atoms. The molecule has 8 nitrogen and oxygen atoms in total. The third kappa shape index (κ3) is 7.17. The Kier molecular flexibility index (Phi) is 9.29. The van der Waals surface area contributed by atoms with Crippen LogP contribution in [0.4, 0.5) is 35.1 Å². The molecule has 0 radical (unpaired) electrons. The molecule has 48 heavy (non-hydrogen) atoms. The molecule has 0 saturated heterocycles. The summed E-state index contributed by atoms with van der Waals surface area (Å²) in [5.41, 5.74) is 7.62. The Morgan fingerprint density at radius 1 is 0.583 bits per heavy atom. The quantitative estimate of drug-likeness (QED) is 0.160. The van der Waals surface area contributed by atoms with Gasteiger partial charge >= 0.3 is 12.4 Å². The van der Waals surface area contributed by atoms with Crippen molar-refractivity contribution in [3.05, 3.63) is 131 Å². The molecule has 0 atom stereocenters. The fourth-order valence-electron chi connectivity index (χ4n) is 4.59. The van der Waals surface area contributed by atoms with Gasteiger partial charge in [-0.25, -0.2) is 28.7 Å². The van der Waals surface area contributed by atoms with Crippen molar-refractivity contribution in [2.45, 2.75) is 25.4 Å². The number of halogens is 8. The van der Waals surface area contributed by atoms with E-state index in [0.29, 0.717) is 16.7 Å². The summed E-state index contributed by atoms with van der Waals surface area (Å²) in [7, 11) is 0. The Morgan fingerprint density at radius 3 is 1.38 bits per heavy atom. The van der Waals surface area contributed by atoms with Crippen LogP contribution in [0.2, 0.25) is 0 Å². The first-order valence-corrected chi connectivity index (χ1v) is 13.7. The molecule has 5 aromatic rings. The molecule has 16 heteroatoms. The summed E-state index contributed by atoms with van der Waals surface area (Å²) in [6, 6.07) is 14.2. The van der Waals surface area contributed by atoms with Crippen molar-refractivity contribution in [1.82, 2.24) is 24.8 Å². The fourth-order valence-corrected chi connectivity index (χ4v) is 4.59. The summed E-state index contributed by atoms with van der Waals surface area (Å²) in [5.74, 6) is -4.68. The lowest BCUT2D eigenvalue weighted by atomic mass is 10.0. The Bertz CT molecular complexity index is 1950. The van der Waals surface area contributed by atoms with Gasteiger partial charge < -0.3 is 5.73 Å². The van der Waals surface area contributed by atoms with Crippen LogP contribution < -0.4 is 5.73 Å². The highest BCUT2D eigenvalue weighted by atomic mass is 19.4. The number of imide groups is 1. The molecule has 0 fully saturated rings. The van der Waals surface area contributed by atoms with Crippen LogP contribution in [0.15, 0.2) is 85.5 Å². The van der Waals surface area contributed by atoms with E-state index in [1.54, 1.807) is 12.1 Å². The van der Waals surface area contributed by atoms with E-state index in [9.17, 15) is 44.7 Å². The third-order valence-electron chi connectivity index (χ3n) is 7.00. The van der Waals surface area contributed by atoms with Gasteiger partial charge in [0.1, 0.15) is 11.6 Å². The SMILES string of the molecule is NCc1cc(-c2cnc(C(F)(F)F)nc2)ccc1F.O=C1c2ccccc2C(=O)N1Cc1cc(-c2cnc(C(F)(F)F)nc2)ccc1F. The number of carbonyl (C=O) groups is 2. The first-order valence-electron chi connectivity index (χ1n) is 13.7. The predicted molar refractivity (Wildman–Crippen MR) is 153 cm³/mol. The summed E-state index contributed by atoms with van der Waals surface area (Å²) in [6.45, 7) is -0.311. The van der Waals surface area contributed by atoms with Crippen LogP contribution in [0.3, 0.4) is 0 Å². The van der Waals surface area contributed by atoms with E-state index < -0.39 is 47.5 Å². The molecule has 6 rings (SSSR count). The van der Waals surface area contributed by atoms with Gasteiger partial charge in [-0.05, 0) is 47.5 Å². The van der Waals surface area contributed by atoms with Crippen LogP contribution >= 0.6 is 0 Å². The van der Waals surface area contributed by atoms with Gasteiger partial charge in [0.25, 0.3) is 11.8 Å². The van der Waals surface area contributed by atoms with Crippen LogP contribution in [0.25, 0.3) is 22.3 Å². The lowest BCUT2D eigenvalue weighted by Crippen LogP contribution is -2.29. The molecule has 0 unspecified atom stereocenters. The van der Waals surface area contributed by atoms with Crippen molar-refractivity contribution < 1.29 is 44.7 Å². The van der Waals surface area contributed by atoms with Gasteiger partial charge in [0.15, 0.2) is 0 Å². The Balaban J connectivity index is 0.000000206. The molecule has 2 aromatic heterocycles. The molecule has 2 N–H and O–H groups in total. The molecule has 1 aliphatic heterocycles. The minimum Gasteiger partial charge on any atom is -0.326 e. The van der Waals surface area contributed by atoms with E-state index in [-0.39, 0.29) is 40.9 Å². The number of alkyl halides is 6. The third-order valence-corrected chi connectivity index (χ3v) is 7.00. The van der Waals surface area contributed by atoms with Gasteiger partial charge in [-0.15, -0.1) is 0 Å². The monoisotopic (exact) mass is 672 g/mol. The second kappa shape index (κ2) is 13.2. The molecule has 246 valence electrons. The van der Waals surface area contributed by atoms with Gasteiger partial charge in [-0.3, -0.25) is 14.5 Å². The lowest BCUT2D eigenvalue weighted by Gasteiger charge is -2.15. The van der Waals surface area contributed by atoms with Crippen LogP contribution in [-0.2, 0) is 25.4 Å². The molecule has 1 aliphatic rings. The number of aromatic nitrogens is 4. The van der Waals surface area contributed by atoms with Crippen molar-refractivity contribution in [3.8, 4) is 22.3 Å². The zero-order valence-corrected chi connectivity index (χ0v) is 24.2. The summed E-state index contributed by atoms with van der Waals surface area (Å²) >= 11 is 0. The van der Waals surface area contributed by atoms with Crippen molar-refractivity contribution in [1.29, 1.82) is 0 Å². The first-order chi connectivity index (χ1) is 22.7. The van der Waals surface area contributed by atoms with Gasteiger partial charge in [0, 0.05) is 53.6 Å². The zero-order valence-electron chi connectivity index (χ0n) is 24.2. The summed E-state index contributed by atoms with van der Waals surface area (Å²) in [6.07, 6.45) is -5.20. The molecule has 0 aliphatic carbocycles. The summed E-state index contributed by atoms with van der Waals surface area (Å²) < 4.78 is 102. The number of nitrogens with two attached hydrogens (primary N) is 1. The average molecular weight is 673 g/mol. The maximum absolute atomic E-state index is 14.3.